The first-order valence-electron chi connectivity index (χ1n) is 2.50. The van der Waals surface area contributed by atoms with Crippen molar-refractivity contribution in [1.29, 1.82) is 0 Å². The minimum absolute atomic E-state index is 0.0972. The third kappa shape index (κ3) is 2.07. The molecule has 1 unspecified atom stereocenters. The van der Waals surface area contributed by atoms with E-state index >= 15 is 0 Å². The topological polar surface area (TPSA) is 41.3 Å². The summed E-state index contributed by atoms with van der Waals surface area (Å²) >= 11 is 0. The van der Waals surface area contributed by atoms with Crippen molar-refractivity contribution in [2.75, 3.05) is 14.1 Å². The van der Waals surface area contributed by atoms with Gasteiger partial charge in [0.25, 0.3) is 0 Å². The fourth-order valence-corrected chi connectivity index (χ4v) is 0.307. The van der Waals surface area contributed by atoms with E-state index in [-0.39, 0.29) is 6.17 Å². The number of rotatable bonds is 3. The second-order valence-corrected chi connectivity index (χ2v) is 1.56. The van der Waals surface area contributed by atoms with E-state index in [9.17, 15) is 0 Å². The van der Waals surface area contributed by atoms with Gasteiger partial charge in [-0.1, -0.05) is 6.08 Å². The Labute approximate surface area is 50.1 Å². The normalized spacial score (nSPS) is 14.0. The molecule has 0 heterocycles. The minimum Gasteiger partial charge on any atom is -0.311 e. The predicted molar refractivity (Wildman–Crippen MR) is 35.0 cm³/mol. The van der Waals surface area contributed by atoms with Crippen LogP contribution in [-0.2, 0) is 0 Å². The van der Waals surface area contributed by atoms with Gasteiger partial charge in [0.2, 0.25) is 0 Å². The summed E-state index contributed by atoms with van der Waals surface area (Å²) in [4.78, 5) is 0. The molecule has 0 radical (unpaired) electrons. The zero-order valence-corrected chi connectivity index (χ0v) is 5.39. The lowest BCUT2D eigenvalue weighted by atomic mass is 10.5. The number of hydrazine groups is 1. The van der Waals surface area contributed by atoms with Crippen molar-refractivity contribution in [2.24, 2.45) is 5.73 Å². The molecule has 48 valence electrons. The van der Waals surface area contributed by atoms with Crippen LogP contribution in [0.1, 0.15) is 0 Å². The summed E-state index contributed by atoms with van der Waals surface area (Å²) in [6, 6.07) is 0. The van der Waals surface area contributed by atoms with Crippen LogP contribution in [0.2, 0.25) is 0 Å². The molecule has 0 fully saturated rings. The molecule has 0 spiro atoms. The van der Waals surface area contributed by atoms with E-state index in [4.69, 9.17) is 5.73 Å². The second kappa shape index (κ2) is 3.60. The first kappa shape index (κ1) is 7.62. The zero-order chi connectivity index (χ0) is 6.57. The minimum atomic E-state index is -0.0972. The van der Waals surface area contributed by atoms with Crippen molar-refractivity contribution in [3.05, 3.63) is 12.7 Å². The van der Waals surface area contributed by atoms with Gasteiger partial charge in [0, 0.05) is 7.05 Å². The van der Waals surface area contributed by atoms with E-state index in [0.29, 0.717) is 0 Å². The maximum absolute atomic E-state index is 5.47. The molecule has 0 aliphatic heterocycles. The Bertz CT molecular complexity index is 72.1. The number of hydrogen-bond donors (Lipinski definition) is 2. The van der Waals surface area contributed by atoms with Crippen LogP contribution in [-0.4, -0.2) is 25.3 Å². The lowest BCUT2D eigenvalue weighted by molar-refractivity contribution is 0.219. The zero-order valence-electron chi connectivity index (χ0n) is 5.39. The molecule has 0 aromatic carbocycles. The first-order chi connectivity index (χ1) is 3.72. The van der Waals surface area contributed by atoms with Crippen molar-refractivity contribution in [3.63, 3.8) is 0 Å². The lowest BCUT2D eigenvalue weighted by Crippen LogP contribution is -2.44. The van der Waals surface area contributed by atoms with Crippen LogP contribution in [0.3, 0.4) is 0 Å². The smallest absolute Gasteiger partial charge is 0.0891 e. The van der Waals surface area contributed by atoms with Crippen LogP contribution in [0, 0.1) is 0 Å². The molecular formula is C5H13N3. The van der Waals surface area contributed by atoms with Crippen LogP contribution < -0.4 is 11.2 Å². The molecule has 0 amide bonds. The standard InChI is InChI=1S/C5H13N3/c1-4-5(6)8(3)7-2/h4-5,7H,1,6H2,2-3H3. The average molecular weight is 115 g/mol. The first-order valence-corrected chi connectivity index (χ1v) is 2.50. The number of hydrogen-bond acceptors (Lipinski definition) is 3. The molecule has 0 saturated carbocycles. The number of nitrogens with two attached hydrogens (primary N) is 1. The van der Waals surface area contributed by atoms with Crippen molar-refractivity contribution >= 4 is 0 Å². The summed E-state index contributed by atoms with van der Waals surface area (Å²) in [5.41, 5.74) is 8.33. The Balaban J connectivity index is 3.44. The number of nitrogens with one attached hydrogen (secondary N) is 1. The van der Waals surface area contributed by atoms with Crippen LogP contribution in [0.25, 0.3) is 0 Å². The maximum atomic E-state index is 5.47. The Hall–Kier alpha value is -0.380. The van der Waals surface area contributed by atoms with Crippen LogP contribution in [0.5, 0.6) is 0 Å². The predicted octanol–water partition coefficient (Wildman–Crippen LogP) is -0.477. The average Bonchev–Trinajstić information content (AvgIpc) is 1.84. The highest BCUT2D eigenvalue weighted by Crippen LogP contribution is 1.80. The van der Waals surface area contributed by atoms with Gasteiger partial charge in [-0.15, -0.1) is 6.58 Å². The largest absolute Gasteiger partial charge is 0.311 e. The Morgan fingerprint density at radius 1 is 1.88 bits per heavy atom. The van der Waals surface area contributed by atoms with Crippen LogP contribution >= 0.6 is 0 Å². The van der Waals surface area contributed by atoms with Crippen LogP contribution in [0.15, 0.2) is 12.7 Å². The molecule has 0 bridgehead atoms. The maximum Gasteiger partial charge on any atom is 0.0891 e. The summed E-state index contributed by atoms with van der Waals surface area (Å²) in [6.45, 7) is 3.52. The third-order valence-electron chi connectivity index (χ3n) is 1.04. The van der Waals surface area contributed by atoms with Gasteiger partial charge in [-0.2, -0.15) is 0 Å². The highest BCUT2D eigenvalue weighted by molar-refractivity contribution is 4.78. The van der Waals surface area contributed by atoms with Gasteiger partial charge in [0.15, 0.2) is 0 Å². The fraction of sp³-hybridized carbons (Fsp3) is 0.600. The third-order valence-corrected chi connectivity index (χ3v) is 1.04. The van der Waals surface area contributed by atoms with E-state index in [1.54, 1.807) is 11.1 Å². The van der Waals surface area contributed by atoms with E-state index in [0.717, 1.165) is 0 Å². The molecule has 0 saturated heterocycles. The van der Waals surface area contributed by atoms with E-state index in [1.807, 2.05) is 14.1 Å². The Kier molecular flexibility index (Phi) is 3.43. The van der Waals surface area contributed by atoms with Gasteiger partial charge in [-0.3, -0.25) is 5.43 Å². The Morgan fingerprint density at radius 3 is 2.50 bits per heavy atom. The van der Waals surface area contributed by atoms with Crippen LogP contribution in [0.4, 0.5) is 0 Å². The molecule has 3 nitrogen and oxygen atoms in total. The summed E-state index contributed by atoms with van der Waals surface area (Å²) < 4.78 is 0. The quantitative estimate of drug-likeness (QED) is 0.296. The molecule has 0 aliphatic carbocycles. The highest BCUT2D eigenvalue weighted by Gasteiger charge is 1.98. The monoisotopic (exact) mass is 115 g/mol. The molecule has 3 N–H and O–H groups in total. The molecule has 1 atom stereocenters. The number of nitrogens with zero attached hydrogens (tertiary/aromatic N) is 1. The van der Waals surface area contributed by atoms with Crippen molar-refractivity contribution < 1.29 is 0 Å². The molecular weight excluding hydrogens is 102 g/mol. The summed E-state index contributed by atoms with van der Waals surface area (Å²) in [5.74, 6) is 0. The van der Waals surface area contributed by atoms with Gasteiger partial charge in [0.1, 0.15) is 0 Å². The van der Waals surface area contributed by atoms with Gasteiger partial charge in [-0.25, -0.2) is 5.01 Å². The molecule has 0 aromatic heterocycles. The highest BCUT2D eigenvalue weighted by atomic mass is 15.5. The molecule has 0 aromatic rings. The lowest BCUT2D eigenvalue weighted by Gasteiger charge is -2.19. The summed E-state index contributed by atoms with van der Waals surface area (Å²) in [5, 5.41) is 1.76. The molecule has 0 rings (SSSR count). The fourth-order valence-electron chi connectivity index (χ4n) is 0.307. The summed E-state index contributed by atoms with van der Waals surface area (Å²) in [6.07, 6.45) is 1.57. The molecule has 0 aliphatic rings. The Morgan fingerprint density at radius 2 is 2.38 bits per heavy atom. The SMILES string of the molecule is C=CC(N)N(C)NC. The van der Waals surface area contributed by atoms with Crippen molar-refractivity contribution in [1.82, 2.24) is 10.4 Å². The van der Waals surface area contributed by atoms with Gasteiger partial charge >= 0.3 is 0 Å². The second-order valence-electron chi connectivity index (χ2n) is 1.56. The number of likely N-dealkylation sites (N-methyl/N-ethyl adjacent to an activating group) is 1. The molecule has 8 heavy (non-hydrogen) atoms. The van der Waals surface area contributed by atoms with Gasteiger partial charge in [0.05, 0.1) is 6.17 Å². The van der Waals surface area contributed by atoms with Gasteiger partial charge in [-0.05, 0) is 7.05 Å². The van der Waals surface area contributed by atoms with E-state index < -0.39 is 0 Å². The van der Waals surface area contributed by atoms with Gasteiger partial charge < -0.3 is 5.73 Å². The van der Waals surface area contributed by atoms with Crippen molar-refractivity contribution in [3.8, 4) is 0 Å². The summed E-state index contributed by atoms with van der Waals surface area (Å²) in [7, 11) is 3.66. The molecule has 3 heteroatoms. The van der Waals surface area contributed by atoms with E-state index in [1.165, 1.54) is 0 Å². The van der Waals surface area contributed by atoms with Crippen molar-refractivity contribution in [2.45, 2.75) is 6.17 Å². The van der Waals surface area contributed by atoms with E-state index in [2.05, 4.69) is 12.0 Å².